The van der Waals surface area contributed by atoms with Gasteiger partial charge in [0.25, 0.3) is 5.91 Å². The molecule has 0 spiro atoms. The van der Waals surface area contributed by atoms with Gasteiger partial charge in [-0.25, -0.2) is 0 Å². The summed E-state index contributed by atoms with van der Waals surface area (Å²) >= 11 is 3.57. The van der Waals surface area contributed by atoms with Gasteiger partial charge < -0.3 is 10.1 Å². The minimum atomic E-state index is -2.85. The van der Waals surface area contributed by atoms with Crippen molar-refractivity contribution in [2.75, 3.05) is 6.54 Å². The van der Waals surface area contributed by atoms with Gasteiger partial charge in [0.05, 0.1) is 0 Å². The van der Waals surface area contributed by atoms with Gasteiger partial charge in [-0.15, -0.1) is 0 Å². The molecule has 0 aromatic heterocycles. The summed E-state index contributed by atoms with van der Waals surface area (Å²) in [5.41, 5.74) is 0.444. The van der Waals surface area contributed by atoms with Crippen molar-refractivity contribution < 1.29 is 18.3 Å². The highest BCUT2D eigenvalue weighted by atomic mass is 79.9. The van der Waals surface area contributed by atoms with Crippen LogP contribution in [0.5, 0.6) is 5.75 Å². The molecule has 110 valence electrons. The van der Waals surface area contributed by atoms with Crippen molar-refractivity contribution in [2.45, 2.75) is 30.7 Å². The zero-order valence-electron chi connectivity index (χ0n) is 10.8. The standard InChI is InChI=1S/C14H16BrF2NO2/c15-11-4-1-9(7-11)8-18-13(19)10-2-5-12(6-3-10)20-14(16)17/h2-3,5-6,9,11,14H,1,4,7-8H2,(H,18,19). The molecule has 0 bridgehead atoms. The molecular weight excluding hydrogens is 332 g/mol. The lowest BCUT2D eigenvalue weighted by Gasteiger charge is -2.11. The summed E-state index contributed by atoms with van der Waals surface area (Å²) in [5.74, 6) is 0.367. The molecule has 3 nitrogen and oxygen atoms in total. The number of carbonyl (C=O) groups is 1. The van der Waals surface area contributed by atoms with Crippen molar-refractivity contribution in [1.82, 2.24) is 5.32 Å². The quantitative estimate of drug-likeness (QED) is 0.826. The van der Waals surface area contributed by atoms with Gasteiger partial charge in [0.1, 0.15) is 5.75 Å². The van der Waals surface area contributed by atoms with E-state index in [1.807, 2.05) is 0 Å². The topological polar surface area (TPSA) is 38.3 Å². The van der Waals surface area contributed by atoms with Crippen molar-refractivity contribution >= 4 is 21.8 Å². The van der Waals surface area contributed by atoms with Gasteiger partial charge in [0.2, 0.25) is 0 Å². The van der Waals surface area contributed by atoms with Crippen LogP contribution in [0.1, 0.15) is 29.6 Å². The van der Waals surface area contributed by atoms with Gasteiger partial charge >= 0.3 is 6.61 Å². The lowest BCUT2D eigenvalue weighted by atomic mass is 10.1. The Morgan fingerprint density at radius 3 is 2.60 bits per heavy atom. The van der Waals surface area contributed by atoms with Crippen LogP contribution >= 0.6 is 15.9 Å². The number of hydrogen-bond donors (Lipinski definition) is 1. The number of amides is 1. The molecule has 6 heteroatoms. The molecule has 1 amide bonds. The first-order chi connectivity index (χ1) is 9.54. The van der Waals surface area contributed by atoms with Gasteiger partial charge in [0, 0.05) is 16.9 Å². The summed E-state index contributed by atoms with van der Waals surface area (Å²) < 4.78 is 28.2. The lowest BCUT2D eigenvalue weighted by molar-refractivity contribution is -0.0498. The smallest absolute Gasteiger partial charge is 0.387 e. The number of hydrogen-bond acceptors (Lipinski definition) is 2. The molecule has 1 saturated carbocycles. The molecule has 0 aliphatic heterocycles. The van der Waals surface area contributed by atoms with Crippen LogP contribution in [0, 0.1) is 5.92 Å². The highest BCUT2D eigenvalue weighted by Gasteiger charge is 2.22. The summed E-state index contributed by atoms with van der Waals surface area (Å²) in [7, 11) is 0. The number of benzene rings is 1. The fraction of sp³-hybridized carbons (Fsp3) is 0.500. The average Bonchev–Trinajstić information content (AvgIpc) is 2.82. The Labute approximate surface area is 124 Å². The van der Waals surface area contributed by atoms with Gasteiger partial charge in [-0.05, 0) is 49.4 Å². The van der Waals surface area contributed by atoms with E-state index in [2.05, 4.69) is 26.0 Å². The number of ether oxygens (including phenoxy) is 1. The first kappa shape index (κ1) is 15.2. The van der Waals surface area contributed by atoms with Crippen LogP contribution in [-0.2, 0) is 0 Å². The van der Waals surface area contributed by atoms with Gasteiger partial charge in [0.15, 0.2) is 0 Å². The molecule has 1 aromatic carbocycles. The van der Waals surface area contributed by atoms with Crippen molar-refractivity contribution in [3.63, 3.8) is 0 Å². The summed E-state index contributed by atoms with van der Waals surface area (Å²) in [4.78, 5) is 12.5. The maximum Gasteiger partial charge on any atom is 0.387 e. The molecule has 0 radical (unpaired) electrons. The highest BCUT2D eigenvalue weighted by molar-refractivity contribution is 9.09. The van der Waals surface area contributed by atoms with E-state index in [1.54, 1.807) is 0 Å². The Kier molecular flexibility index (Phi) is 5.34. The largest absolute Gasteiger partial charge is 0.435 e. The van der Waals surface area contributed by atoms with Crippen molar-refractivity contribution in [2.24, 2.45) is 5.92 Å². The minimum absolute atomic E-state index is 0.0504. The third-order valence-corrected chi connectivity index (χ3v) is 4.20. The molecule has 0 saturated heterocycles. The lowest BCUT2D eigenvalue weighted by Crippen LogP contribution is -2.28. The van der Waals surface area contributed by atoms with E-state index < -0.39 is 6.61 Å². The second-order valence-electron chi connectivity index (χ2n) is 4.89. The number of halogens is 3. The molecule has 2 rings (SSSR count). The third kappa shape index (κ3) is 4.44. The zero-order valence-corrected chi connectivity index (χ0v) is 12.4. The van der Waals surface area contributed by atoms with Gasteiger partial charge in [-0.3, -0.25) is 4.79 Å². The molecule has 1 aliphatic carbocycles. The molecule has 2 unspecified atom stereocenters. The Morgan fingerprint density at radius 2 is 2.05 bits per heavy atom. The Bertz CT molecular complexity index is 453. The highest BCUT2D eigenvalue weighted by Crippen LogP contribution is 2.30. The first-order valence-electron chi connectivity index (χ1n) is 6.51. The predicted molar refractivity (Wildman–Crippen MR) is 75.5 cm³/mol. The zero-order chi connectivity index (χ0) is 14.5. The average molecular weight is 348 g/mol. The minimum Gasteiger partial charge on any atom is -0.435 e. The predicted octanol–water partition coefficient (Wildman–Crippen LogP) is 3.58. The van der Waals surface area contributed by atoms with E-state index in [0.29, 0.717) is 22.9 Å². The molecule has 1 fully saturated rings. The van der Waals surface area contributed by atoms with Crippen molar-refractivity contribution in [1.29, 1.82) is 0 Å². The Hall–Kier alpha value is -1.17. The van der Waals surface area contributed by atoms with E-state index in [-0.39, 0.29) is 11.7 Å². The molecule has 1 aliphatic rings. The summed E-state index contributed by atoms with van der Waals surface area (Å²) in [5, 5.41) is 2.87. The van der Waals surface area contributed by atoms with Gasteiger partial charge in [-0.2, -0.15) is 8.78 Å². The summed E-state index contributed by atoms with van der Waals surface area (Å²) in [6.45, 7) is -2.20. The van der Waals surface area contributed by atoms with Crippen molar-refractivity contribution in [3.05, 3.63) is 29.8 Å². The third-order valence-electron chi connectivity index (χ3n) is 3.37. The van der Waals surface area contributed by atoms with E-state index in [0.717, 1.165) is 19.3 Å². The van der Waals surface area contributed by atoms with E-state index in [9.17, 15) is 13.6 Å². The van der Waals surface area contributed by atoms with E-state index in [4.69, 9.17) is 0 Å². The molecule has 0 heterocycles. The number of rotatable bonds is 5. The van der Waals surface area contributed by atoms with Crippen molar-refractivity contribution in [3.8, 4) is 5.75 Å². The Morgan fingerprint density at radius 1 is 1.35 bits per heavy atom. The second kappa shape index (κ2) is 7.02. The maximum atomic E-state index is 12.0. The monoisotopic (exact) mass is 347 g/mol. The van der Waals surface area contributed by atoms with Gasteiger partial charge in [-0.1, -0.05) is 15.9 Å². The molecule has 20 heavy (non-hydrogen) atoms. The maximum absolute atomic E-state index is 12.0. The van der Waals surface area contributed by atoms with Crippen LogP contribution < -0.4 is 10.1 Å². The Balaban J connectivity index is 1.83. The number of alkyl halides is 3. The molecule has 2 atom stereocenters. The second-order valence-corrected chi connectivity index (χ2v) is 6.18. The fourth-order valence-electron chi connectivity index (χ4n) is 2.33. The van der Waals surface area contributed by atoms with Crippen LogP contribution in [0.4, 0.5) is 8.78 Å². The summed E-state index contributed by atoms with van der Waals surface area (Å²) in [6, 6.07) is 5.69. The van der Waals surface area contributed by atoms with Crippen LogP contribution in [0.2, 0.25) is 0 Å². The van der Waals surface area contributed by atoms with E-state index >= 15 is 0 Å². The molecule has 1 N–H and O–H groups in total. The van der Waals surface area contributed by atoms with Crippen LogP contribution in [0.25, 0.3) is 0 Å². The molecule has 1 aromatic rings. The fourth-order valence-corrected chi connectivity index (χ4v) is 3.12. The van der Waals surface area contributed by atoms with E-state index in [1.165, 1.54) is 24.3 Å². The first-order valence-corrected chi connectivity index (χ1v) is 7.43. The number of nitrogens with one attached hydrogen (secondary N) is 1. The summed E-state index contributed by atoms with van der Waals surface area (Å²) in [6.07, 6.45) is 3.32. The van der Waals surface area contributed by atoms with Crippen LogP contribution in [0.15, 0.2) is 24.3 Å². The van der Waals surface area contributed by atoms with Crippen LogP contribution in [-0.4, -0.2) is 23.9 Å². The SMILES string of the molecule is O=C(NCC1CCC(Br)C1)c1ccc(OC(F)F)cc1. The molecular formula is C14H16BrF2NO2. The normalized spacial score (nSPS) is 22.0. The van der Waals surface area contributed by atoms with Crippen LogP contribution in [0.3, 0.4) is 0 Å². The number of carbonyl (C=O) groups excluding carboxylic acids is 1.